The number of allylic oxidation sites excluding steroid dienone is 4. The van der Waals surface area contributed by atoms with Crippen LogP contribution in [0.25, 0.3) is 0 Å². The summed E-state index contributed by atoms with van der Waals surface area (Å²) in [6.45, 7) is 4.51. The SMILES string of the molecule is C[C@H]1C[C@H]2[C@@H]3CCC4=CC(=O)C=C[C@]4(C)[C@@]3(F)[C@@H](O)CC2(C)C1(OC(=O)c1ccccc1)C(=O)CO. The van der Waals surface area contributed by atoms with E-state index < -0.39 is 58.4 Å². The first-order valence-corrected chi connectivity index (χ1v) is 12.7. The van der Waals surface area contributed by atoms with Gasteiger partial charge in [-0.15, -0.1) is 0 Å². The number of ketones is 2. The highest BCUT2D eigenvalue weighted by Crippen LogP contribution is 2.71. The molecule has 3 fully saturated rings. The zero-order valence-corrected chi connectivity index (χ0v) is 20.9. The predicted molar refractivity (Wildman–Crippen MR) is 130 cm³/mol. The second-order valence-corrected chi connectivity index (χ2v) is 11.5. The standard InChI is InChI=1S/C29H33FO6/c1-17-13-22-21-10-9-19-14-20(32)11-12-26(19,2)28(21,30)23(33)15-27(22,3)29(17,24(34)16-31)36-25(35)18-7-5-4-6-8-18/h4-8,11-12,14,17,21-23,31,33H,9-10,13,15-16H2,1-3H3/t17-,21-,22-,23-,26-,27?,28-,29?/m0/s1. The van der Waals surface area contributed by atoms with Gasteiger partial charge in [-0.1, -0.05) is 43.7 Å². The van der Waals surface area contributed by atoms with Crippen LogP contribution >= 0.6 is 0 Å². The van der Waals surface area contributed by atoms with E-state index in [0.717, 1.165) is 0 Å². The molecule has 5 rings (SSSR count). The smallest absolute Gasteiger partial charge is 0.339 e. The molecule has 1 aromatic carbocycles. The van der Waals surface area contributed by atoms with E-state index in [9.17, 15) is 24.6 Å². The molecule has 2 N–H and O–H groups in total. The number of fused-ring (bicyclic) bond motifs is 5. The van der Waals surface area contributed by atoms with Crippen LogP contribution in [0.15, 0.2) is 54.1 Å². The molecule has 0 aliphatic heterocycles. The number of alkyl halides is 1. The van der Waals surface area contributed by atoms with Crippen LogP contribution in [0.2, 0.25) is 0 Å². The average Bonchev–Trinajstić information content (AvgIpc) is 3.07. The van der Waals surface area contributed by atoms with Crippen LogP contribution < -0.4 is 0 Å². The Kier molecular flexibility index (Phi) is 5.69. The van der Waals surface area contributed by atoms with Gasteiger partial charge in [0.1, 0.15) is 6.61 Å². The van der Waals surface area contributed by atoms with Crippen LogP contribution in [0.5, 0.6) is 0 Å². The number of halogens is 1. The summed E-state index contributed by atoms with van der Waals surface area (Å²) < 4.78 is 23.4. The number of esters is 1. The molecule has 36 heavy (non-hydrogen) atoms. The fourth-order valence-electron chi connectivity index (χ4n) is 8.30. The lowest BCUT2D eigenvalue weighted by Gasteiger charge is -2.62. The Morgan fingerprint density at radius 3 is 2.53 bits per heavy atom. The number of benzene rings is 1. The van der Waals surface area contributed by atoms with Gasteiger partial charge in [0, 0.05) is 22.7 Å². The Labute approximate surface area is 210 Å². The van der Waals surface area contributed by atoms with Gasteiger partial charge >= 0.3 is 5.97 Å². The molecular weight excluding hydrogens is 463 g/mol. The Morgan fingerprint density at radius 2 is 1.86 bits per heavy atom. The fraction of sp³-hybridized carbons (Fsp3) is 0.552. The van der Waals surface area contributed by atoms with Gasteiger partial charge in [-0.25, -0.2) is 9.18 Å². The lowest BCUT2D eigenvalue weighted by Crippen LogP contribution is -2.70. The van der Waals surface area contributed by atoms with E-state index in [1.165, 1.54) is 12.2 Å². The molecule has 0 bridgehead atoms. The Morgan fingerprint density at radius 1 is 1.17 bits per heavy atom. The lowest BCUT2D eigenvalue weighted by molar-refractivity contribution is -0.219. The maximum atomic E-state index is 17.4. The normalized spacial score (nSPS) is 43.2. The maximum Gasteiger partial charge on any atom is 0.339 e. The highest BCUT2D eigenvalue weighted by molar-refractivity contribution is 6.01. The number of carbonyl (C=O) groups is 3. The maximum absolute atomic E-state index is 17.4. The highest BCUT2D eigenvalue weighted by atomic mass is 19.1. The second kappa shape index (κ2) is 8.18. The lowest BCUT2D eigenvalue weighted by atomic mass is 9.44. The molecule has 4 aliphatic carbocycles. The molecule has 3 saturated carbocycles. The van der Waals surface area contributed by atoms with Crippen LogP contribution in [0.3, 0.4) is 0 Å². The van der Waals surface area contributed by atoms with Crippen molar-refractivity contribution >= 4 is 17.5 Å². The summed E-state index contributed by atoms with van der Waals surface area (Å²) in [6, 6.07) is 8.33. The largest absolute Gasteiger partial charge is 0.446 e. The summed E-state index contributed by atoms with van der Waals surface area (Å²) in [7, 11) is 0. The van der Waals surface area contributed by atoms with Gasteiger partial charge in [0.2, 0.25) is 5.78 Å². The number of hydrogen-bond acceptors (Lipinski definition) is 6. The molecule has 0 amide bonds. The van der Waals surface area contributed by atoms with Gasteiger partial charge in [0.15, 0.2) is 17.1 Å². The van der Waals surface area contributed by atoms with Crippen molar-refractivity contribution in [2.45, 2.75) is 63.8 Å². The molecular formula is C29H33FO6. The zero-order chi connectivity index (χ0) is 26.1. The third kappa shape index (κ3) is 2.99. The number of ether oxygens (including phenoxy) is 1. The molecule has 0 saturated heterocycles. The molecule has 0 spiro atoms. The van der Waals surface area contributed by atoms with Gasteiger partial charge in [0.05, 0.1) is 11.7 Å². The Bertz CT molecular complexity index is 1180. The van der Waals surface area contributed by atoms with Crippen LogP contribution in [-0.4, -0.2) is 51.7 Å². The number of hydrogen-bond donors (Lipinski definition) is 2. The minimum Gasteiger partial charge on any atom is -0.446 e. The predicted octanol–water partition coefficient (Wildman–Crippen LogP) is 3.76. The average molecular weight is 497 g/mol. The van der Waals surface area contributed by atoms with E-state index in [1.807, 2.05) is 0 Å². The summed E-state index contributed by atoms with van der Waals surface area (Å²) in [4.78, 5) is 38.8. The van der Waals surface area contributed by atoms with E-state index in [-0.39, 0.29) is 23.7 Å². The van der Waals surface area contributed by atoms with Crippen LogP contribution in [-0.2, 0) is 14.3 Å². The summed E-state index contributed by atoms with van der Waals surface area (Å²) in [5.74, 6) is -3.01. The van der Waals surface area contributed by atoms with E-state index in [1.54, 1.807) is 57.2 Å². The molecule has 7 heteroatoms. The third-order valence-electron chi connectivity index (χ3n) is 10.0. The molecule has 0 heterocycles. The molecule has 0 aromatic heterocycles. The minimum absolute atomic E-state index is 0.118. The number of aliphatic hydroxyl groups excluding tert-OH is 2. The van der Waals surface area contributed by atoms with E-state index in [0.29, 0.717) is 24.8 Å². The van der Waals surface area contributed by atoms with E-state index in [2.05, 4.69) is 0 Å². The molecule has 192 valence electrons. The summed E-state index contributed by atoms with van der Waals surface area (Å²) in [5.41, 5.74) is -5.06. The summed E-state index contributed by atoms with van der Waals surface area (Å²) in [5, 5.41) is 21.5. The van der Waals surface area contributed by atoms with E-state index >= 15 is 4.39 Å². The quantitative estimate of drug-likeness (QED) is 0.616. The van der Waals surface area contributed by atoms with Crippen molar-refractivity contribution in [1.82, 2.24) is 0 Å². The van der Waals surface area contributed by atoms with Crippen molar-refractivity contribution in [3.63, 3.8) is 0 Å². The molecule has 6 nitrogen and oxygen atoms in total. The van der Waals surface area contributed by atoms with Crippen LogP contribution in [0, 0.1) is 28.6 Å². The fourth-order valence-corrected chi connectivity index (χ4v) is 8.30. The summed E-state index contributed by atoms with van der Waals surface area (Å²) >= 11 is 0. The highest BCUT2D eigenvalue weighted by Gasteiger charge is 2.77. The molecule has 1 aromatic rings. The van der Waals surface area contributed by atoms with Crippen molar-refractivity contribution in [1.29, 1.82) is 0 Å². The topological polar surface area (TPSA) is 101 Å². The van der Waals surface area contributed by atoms with Gasteiger partial charge < -0.3 is 14.9 Å². The van der Waals surface area contributed by atoms with Gasteiger partial charge in [-0.05, 0) is 62.8 Å². The first-order chi connectivity index (χ1) is 17.0. The van der Waals surface area contributed by atoms with Crippen molar-refractivity contribution < 1.29 is 33.7 Å². The molecule has 0 radical (unpaired) electrons. The Balaban J connectivity index is 1.61. The monoisotopic (exact) mass is 496 g/mol. The van der Waals surface area contributed by atoms with Crippen LogP contribution in [0.1, 0.15) is 56.8 Å². The first-order valence-electron chi connectivity index (χ1n) is 12.7. The van der Waals surface area contributed by atoms with E-state index in [4.69, 9.17) is 4.74 Å². The molecule has 2 unspecified atom stereocenters. The first kappa shape index (κ1) is 25.0. The minimum atomic E-state index is -2.06. The van der Waals surface area contributed by atoms with Crippen molar-refractivity contribution in [3.05, 3.63) is 59.7 Å². The zero-order valence-electron chi connectivity index (χ0n) is 20.9. The second-order valence-electron chi connectivity index (χ2n) is 11.5. The molecule has 4 aliphatic rings. The Hall–Kier alpha value is -2.64. The summed E-state index contributed by atoms with van der Waals surface area (Å²) in [6.07, 6.45) is 4.16. The van der Waals surface area contributed by atoms with Crippen molar-refractivity contribution in [2.75, 3.05) is 6.61 Å². The number of carbonyl (C=O) groups excluding carboxylic acids is 3. The van der Waals surface area contributed by atoms with Crippen molar-refractivity contribution in [2.24, 2.45) is 28.6 Å². The third-order valence-corrected chi connectivity index (χ3v) is 10.0. The number of Topliss-reactive ketones (excluding diaryl/α,β-unsaturated/α-hetero) is 1. The molecule has 8 atom stereocenters. The van der Waals surface area contributed by atoms with Crippen molar-refractivity contribution in [3.8, 4) is 0 Å². The van der Waals surface area contributed by atoms with Gasteiger partial charge in [0.25, 0.3) is 0 Å². The van der Waals surface area contributed by atoms with Gasteiger partial charge in [-0.3, -0.25) is 9.59 Å². The number of rotatable bonds is 4. The van der Waals surface area contributed by atoms with Crippen LogP contribution in [0.4, 0.5) is 4.39 Å². The van der Waals surface area contributed by atoms with Gasteiger partial charge in [-0.2, -0.15) is 0 Å². The number of aliphatic hydroxyl groups is 2.